The predicted molar refractivity (Wildman–Crippen MR) is 120 cm³/mol. The Labute approximate surface area is 180 Å². The molecule has 0 aliphatic carbocycles. The molecule has 7 heteroatoms. The molecular weight excluding hydrogens is 400 g/mol. The van der Waals surface area contributed by atoms with Gasteiger partial charge in [0.1, 0.15) is 5.75 Å². The van der Waals surface area contributed by atoms with Crippen molar-refractivity contribution in [3.63, 3.8) is 0 Å². The van der Waals surface area contributed by atoms with Crippen molar-refractivity contribution in [1.82, 2.24) is 9.55 Å². The van der Waals surface area contributed by atoms with Crippen molar-refractivity contribution in [3.05, 3.63) is 64.4 Å². The normalized spacial score (nSPS) is 11.2. The summed E-state index contributed by atoms with van der Waals surface area (Å²) in [5, 5.41) is 1.11. The van der Waals surface area contributed by atoms with Gasteiger partial charge < -0.3 is 9.47 Å². The first-order valence-corrected chi connectivity index (χ1v) is 10.9. The minimum absolute atomic E-state index is 0.0745. The van der Waals surface area contributed by atoms with Gasteiger partial charge in [0.15, 0.2) is 10.9 Å². The third-order valence-corrected chi connectivity index (χ3v) is 5.52. The lowest BCUT2D eigenvalue weighted by molar-refractivity contribution is 0.0743. The summed E-state index contributed by atoms with van der Waals surface area (Å²) in [5.74, 6) is 0.625. The molecule has 0 fully saturated rings. The molecular formula is C23H26N2O4S. The number of carbonyl (C=O) groups excluding carboxylic acids is 1. The van der Waals surface area contributed by atoms with Crippen LogP contribution in [0.25, 0.3) is 10.9 Å². The maximum absolute atomic E-state index is 13.1. The van der Waals surface area contributed by atoms with Gasteiger partial charge in [-0.15, -0.1) is 0 Å². The Morgan fingerprint density at radius 2 is 1.87 bits per heavy atom. The fourth-order valence-electron chi connectivity index (χ4n) is 3.08. The second-order valence-corrected chi connectivity index (χ2v) is 8.00. The minimum Gasteiger partial charge on any atom is -0.496 e. The van der Waals surface area contributed by atoms with Gasteiger partial charge in [-0.25, -0.2) is 4.98 Å². The van der Waals surface area contributed by atoms with Crippen molar-refractivity contribution in [2.45, 2.75) is 38.1 Å². The predicted octanol–water partition coefficient (Wildman–Crippen LogP) is 4.20. The van der Waals surface area contributed by atoms with Gasteiger partial charge in [-0.3, -0.25) is 14.2 Å². The van der Waals surface area contributed by atoms with Gasteiger partial charge in [0, 0.05) is 13.2 Å². The number of rotatable bonds is 10. The first kappa shape index (κ1) is 22.1. The van der Waals surface area contributed by atoms with E-state index in [0.29, 0.717) is 46.9 Å². The van der Waals surface area contributed by atoms with Crippen molar-refractivity contribution < 1.29 is 14.3 Å². The summed E-state index contributed by atoms with van der Waals surface area (Å²) in [6.07, 6.45) is 0.829. The van der Waals surface area contributed by atoms with E-state index in [1.54, 1.807) is 35.9 Å². The number of methoxy groups -OCH3 is 1. The van der Waals surface area contributed by atoms with Crippen LogP contribution in [0.4, 0.5) is 0 Å². The van der Waals surface area contributed by atoms with E-state index in [1.807, 2.05) is 38.1 Å². The zero-order valence-corrected chi connectivity index (χ0v) is 18.3. The van der Waals surface area contributed by atoms with E-state index in [-0.39, 0.29) is 23.2 Å². The van der Waals surface area contributed by atoms with E-state index < -0.39 is 0 Å². The molecule has 30 heavy (non-hydrogen) atoms. The van der Waals surface area contributed by atoms with E-state index in [0.717, 1.165) is 0 Å². The second-order valence-electron chi connectivity index (χ2n) is 7.05. The van der Waals surface area contributed by atoms with Crippen LogP contribution in [0.5, 0.6) is 5.75 Å². The molecule has 0 aliphatic heterocycles. The van der Waals surface area contributed by atoms with Crippen LogP contribution in [0.2, 0.25) is 0 Å². The Hall–Kier alpha value is -2.64. The Morgan fingerprint density at radius 3 is 2.63 bits per heavy atom. The van der Waals surface area contributed by atoms with E-state index in [2.05, 4.69) is 4.98 Å². The molecule has 0 aliphatic rings. The third-order valence-electron chi connectivity index (χ3n) is 4.54. The Balaban J connectivity index is 1.84. The number of benzene rings is 2. The molecule has 6 nitrogen and oxygen atoms in total. The Bertz CT molecular complexity index is 1080. The van der Waals surface area contributed by atoms with Crippen molar-refractivity contribution in [2.75, 3.05) is 19.5 Å². The highest BCUT2D eigenvalue weighted by molar-refractivity contribution is 7.99. The highest BCUT2D eigenvalue weighted by Gasteiger charge is 2.16. The van der Waals surface area contributed by atoms with Gasteiger partial charge in [0.2, 0.25) is 0 Å². The maximum Gasteiger partial charge on any atom is 0.262 e. The van der Waals surface area contributed by atoms with Gasteiger partial charge in [0.05, 0.1) is 35.4 Å². The zero-order chi connectivity index (χ0) is 21.5. The number of Topliss-reactive ketones (excluding diaryl/α,β-unsaturated/α-hetero) is 1. The van der Waals surface area contributed by atoms with Gasteiger partial charge >= 0.3 is 0 Å². The summed E-state index contributed by atoms with van der Waals surface area (Å²) in [5.41, 5.74) is 1.05. The molecule has 0 amide bonds. The van der Waals surface area contributed by atoms with Crippen LogP contribution in [0.1, 0.15) is 30.6 Å². The summed E-state index contributed by atoms with van der Waals surface area (Å²) >= 11 is 1.27. The molecule has 0 saturated heterocycles. The van der Waals surface area contributed by atoms with E-state index in [4.69, 9.17) is 9.47 Å². The van der Waals surface area contributed by atoms with Crippen LogP contribution in [0, 0.1) is 0 Å². The van der Waals surface area contributed by atoms with Crippen LogP contribution in [0.15, 0.2) is 58.5 Å². The fourth-order valence-corrected chi connectivity index (χ4v) is 3.99. The number of fused-ring (bicyclic) bond motifs is 1. The molecule has 3 rings (SSSR count). The van der Waals surface area contributed by atoms with E-state index in [9.17, 15) is 9.59 Å². The van der Waals surface area contributed by atoms with Crippen molar-refractivity contribution in [1.29, 1.82) is 0 Å². The second kappa shape index (κ2) is 10.4. The van der Waals surface area contributed by atoms with Gasteiger partial charge in [0.25, 0.3) is 5.56 Å². The summed E-state index contributed by atoms with van der Waals surface area (Å²) in [4.78, 5) is 30.5. The van der Waals surface area contributed by atoms with Gasteiger partial charge in [-0.1, -0.05) is 36.0 Å². The largest absolute Gasteiger partial charge is 0.496 e. The molecule has 3 aromatic rings. The highest BCUT2D eigenvalue weighted by Crippen LogP contribution is 2.23. The average molecular weight is 427 g/mol. The number of aromatic nitrogens is 2. The van der Waals surface area contributed by atoms with Crippen molar-refractivity contribution in [2.24, 2.45) is 0 Å². The van der Waals surface area contributed by atoms with Crippen molar-refractivity contribution in [3.8, 4) is 5.75 Å². The number of para-hydroxylation sites is 2. The van der Waals surface area contributed by atoms with Crippen LogP contribution < -0.4 is 10.3 Å². The Kier molecular flexibility index (Phi) is 7.65. The minimum atomic E-state index is -0.0996. The standard InChI is InChI=1S/C23H26N2O4S/c1-16(2)29-14-8-13-25-22(27)17-9-4-6-11-19(17)24-23(25)30-15-20(26)18-10-5-7-12-21(18)28-3/h4-7,9-12,16H,8,13-15H2,1-3H3. The first-order chi connectivity index (χ1) is 14.5. The summed E-state index contributed by atoms with van der Waals surface area (Å²) in [7, 11) is 1.54. The number of nitrogens with zero attached hydrogens (tertiary/aromatic N) is 2. The summed E-state index contributed by atoms with van der Waals surface area (Å²) in [6.45, 7) is 5.00. The van der Waals surface area contributed by atoms with Crippen LogP contribution in [0.3, 0.4) is 0 Å². The number of ketones is 1. The van der Waals surface area contributed by atoms with Gasteiger partial charge in [-0.2, -0.15) is 0 Å². The van der Waals surface area contributed by atoms with Crippen LogP contribution in [-0.4, -0.2) is 40.9 Å². The molecule has 1 aromatic heterocycles. The molecule has 0 N–H and O–H groups in total. The first-order valence-electron chi connectivity index (χ1n) is 9.91. The molecule has 0 atom stereocenters. The average Bonchev–Trinajstić information content (AvgIpc) is 2.76. The van der Waals surface area contributed by atoms with Crippen LogP contribution in [-0.2, 0) is 11.3 Å². The molecule has 0 unspecified atom stereocenters. The number of hydrogen-bond acceptors (Lipinski definition) is 6. The van der Waals surface area contributed by atoms with E-state index in [1.165, 1.54) is 11.8 Å². The number of hydrogen-bond donors (Lipinski definition) is 0. The molecule has 2 aromatic carbocycles. The lowest BCUT2D eigenvalue weighted by Gasteiger charge is -2.14. The Morgan fingerprint density at radius 1 is 1.13 bits per heavy atom. The SMILES string of the molecule is COc1ccccc1C(=O)CSc1nc2ccccc2c(=O)n1CCCOC(C)C. The summed E-state index contributed by atoms with van der Waals surface area (Å²) in [6, 6.07) is 14.4. The highest BCUT2D eigenvalue weighted by atomic mass is 32.2. The number of ether oxygens (including phenoxy) is 2. The lowest BCUT2D eigenvalue weighted by Crippen LogP contribution is -2.24. The van der Waals surface area contributed by atoms with E-state index >= 15 is 0 Å². The maximum atomic E-state index is 13.1. The molecule has 0 radical (unpaired) electrons. The van der Waals surface area contributed by atoms with Crippen molar-refractivity contribution >= 4 is 28.4 Å². The third kappa shape index (κ3) is 5.29. The fraction of sp³-hybridized carbons (Fsp3) is 0.348. The zero-order valence-electron chi connectivity index (χ0n) is 17.5. The number of thioether (sulfide) groups is 1. The van der Waals surface area contributed by atoms with Crippen LogP contribution >= 0.6 is 11.8 Å². The molecule has 158 valence electrons. The smallest absolute Gasteiger partial charge is 0.262 e. The molecule has 0 saturated carbocycles. The number of carbonyl (C=O) groups is 1. The van der Waals surface area contributed by atoms with Gasteiger partial charge in [-0.05, 0) is 44.5 Å². The molecule has 1 heterocycles. The monoisotopic (exact) mass is 426 g/mol. The summed E-state index contributed by atoms with van der Waals surface area (Å²) < 4.78 is 12.5. The lowest BCUT2D eigenvalue weighted by atomic mass is 10.1. The topological polar surface area (TPSA) is 70.4 Å². The molecule has 0 bridgehead atoms. The molecule has 0 spiro atoms. The quantitative estimate of drug-likeness (QED) is 0.209.